The van der Waals surface area contributed by atoms with Gasteiger partial charge in [0.1, 0.15) is 5.82 Å². The van der Waals surface area contributed by atoms with E-state index in [9.17, 15) is 9.18 Å². The van der Waals surface area contributed by atoms with Gasteiger partial charge in [0.2, 0.25) is 5.91 Å². The van der Waals surface area contributed by atoms with Crippen LogP contribution in [0.25, 0.3) is 0 Å². The molecule has 0 radical (unpaired) electrons. The largest absolute Gasteiger partial charge is 0.355 e. The zero-order chi connectivity index (χ0) is 13.4. The molecule has 0 bridgehead atoms. The number of carbonyl (C=O) groups excluding carboxylic acids is 1. The maximum Gasteiger partial charge on any atom is 0.220 e. The third-order valence-electron chi connectivity index (χ3n) is 2.69. The topological polar surface area (TPSA) is 32.3 Å². The average molecular weight is 252 g/mol. The number of benzene rings is 1. The van der Waals surface area contributed by atoms with E-state index in [1.165, 1.54) is 6.07 Å². The molecule has 0 spiro atoms. The maximum atomic E-state index is 13.3. The normalized spacial score (nSPS) is 10.7. The molecule has 1 N–H and O–H groups in total. The van der Waals surface area contributed by atoms with Crippen molar-refractivity contribution in [1.29, 1.82) is 0 Å². The minimum atomic E-state index is -0.189. The third kappa shape index (κ3) is 5.77. The lowest BCUT2D eigenvalue weighted by Crippen LogP contribution is -2.31. The van der Waals surface area contributed by atoms with Crippen LogP contribution in [0.1, 0.15) is 18.4 Å². The van der Waals surface area contributed by atoms with Crippen molar-refractivity contribution in [2.24, 2.45) is 0 Å². The minimum absolute atomic E-state index is 0.0354. The zero-order valence-corrected chi connectivity index (χ0v) is 11.1. The van der Waals surface area contributed by atoms with Crippen LogP contribution in [0.15, 0.2) is 24.3 Å². The quantitative estimate of drug-likeness (QED) is 0.803. The number of carbonyl (C=O) groups is 1. The molecule has 0 aliphatic rings. The molecule has 0 fully saturated rings. The molecule has 0 heterocycles. The third-order valence-corrected chi connectivity index (χ3v) is 2.69. The van der Waals surface area contributed by atoms with E-state index in [0.717, 1.165) is 6.54 Å². The Morgan fingerprint density at radius 2 is 2.06 bits per heavy atom. The van der Waals surface area contributed by atoms with Gasteiger partial charge in [-0.2, -0.15) is 0 Å². The van der Waals surface area contributed by atoms with Crippen molar-refractivity contribution < 1.29 is 9.18 Å². The predicted molar refractivity (Wildman–Crippen MR) is 70.9 cm³/mol. The molecular formula is C14H21FN2O. The first-order chi connectivity index (χ1) is 8.59. The number of likely N-dealkylation sites (N-methyl/N-ethyl adjacent to an activating group) is 1. The van der Waals surface area contributed by atoms with E-state index < -0.39 is 0 Å². The number of nitrogens with zero attached hydrogens (tertiary/aromatic N) is 1. The van der Waals surface area contributed by atoms with E-state index in [1.54, 1.807) is 12.1 Å². The van der Waals surface area contributed by atoms with Gasteiger partial charge in [-0.3, -0.25) is 4.79 Å². The van der Waals surface area contributed by atoms with Crippen LogP contribution in [0, 0.1) is 5.82 Å². The number of hydrogen-bond acceptors (Lipinski definition) is 2. The Morgan fingerprint density at radius 1 is 1.33 bits per heavy atom. The van der Waals surface area contributed by atoms with Crippen LogP contribution in [-0.2, 0) is 11.2 Å². The summed E-state index contributed by atoms with van der Waals surface area (Å²) < 4.78 is 13.3. The van der Waals surface area contributed by atoms with Gasteiger partial charge in [0.05, 0.1) is 0 Å². The lowest BCUT2D eigenvalue weighted by atomic mass is 10.1. The lowest BCUT2D eigenvalue weighted by Gasteiger charge is -2.10. The van der Waals surface area contributed by atoms with Gasteiger partial charge in [0.15, 0.2) is 0 Å². The zero-order valence-electron chi connectivity index (χ0n) is 11.1. The number of amides is 1. The summed E-state index contributed by atoms with van der Waals surface area (Å²) in [7, 11) is 3.93. The molecule has 0 aromatic heterocycles. The summed E-state index contributed by atoms with van der Waals surface area (Å²) >= 11 is 0. The summed E-state index contributed by atoms with van der Waals surface area (Å²) in [6, 6.07) is 6.70. The van der Waals surface area contributed by atoms with E-state index in [2.05, 4.69) is 5.32 Å². The van der Waals surface area contributed by atoms with Crippen LogP contribution in [0.5, 0.6) is 0 Å². The maximum absolute atomic E-state index is 13.3. The molecule has 1 amide bonds. The summed E-state index contributed by atoms with van der Waals surface area (Å²) in [5, 5.41) is 2.84. The molecule has 18 heavy (non-hydrogen) atoms. The van der Waals surface area contributed by atoms with Gasteiger partial charge in [0.25, 0.3) is 0 Å². The highest BCUT2D eigenvalue weighted by atomic mass is 19.1. The fourth-order valence-electron chi connectivity index (χ4n) is 1.65. The molecule has 0 saturated heterocycles. The van der Waals surface area contributed by atoms with Crippen molar-refractivity contribution >= 4 is 5.91 Å². The van der Waals surface area contributed by atoms with E-state index in [4.69, 9.17) is 0 Å². The molecule has 1 rings (SSSR count). The van der Waals surface area contributed by atoms with Crippen molar-refractivity contribution in [3.63, 3.8) is 0 Å². The van der Waals surface area contributed by atoms with Crippen molar-refractivity contribution in [3.05, 3.63) is 35.6 Å². The number of aryl methyl sites for hydroxylation is 1. The minimum Gasteiger partial charge on any atom is -0.355 e. The Bertz CT molecular complexity index is 380. The number of nitrogens with one attached hydrogen (secondary N) is 1. The van der Waals surface area contributed by atoms with Gasteiger partial charge < -0.3 is 10.2 Å². The lowest BCUT2D eigenvalue weighted by molar-refractivity contribution is -0.121. The predicted octanol–water partition coefficient (Wildman–Crippen LogP) is 1.83. The molecule has 1 aromatic rings. The van der Waals surface area contributed by atoms with E-state index in [0.29, 0.717) is 31.4 Å². The highest BCUT2D eigenvalue weighted by Crippen LogP contribution is 2.09. The Labute approximate surface area is 108 Å². The number of halogens is 1. The van der Waals surface area contributed by atoms with Crippen LogP contribution in [0.4, 0.5) is 4.39 Å². The van der Waals surface area contributed by atoms with Crippen molar-refractivity contribution in [2.45, 2.75) is 19.3 Å². The highest BCUT2D eigenvalue weighted by Gasteiger charge is 2.04. The second-order valence-electron chi connectivity index (χ2n) is 4.60. The van der Waals surface area contributed by atoms with E-state index in [-0.39, 0.29) is 11.7 Å². The van der Waals surface area contributed by atoms with Crippen molar-refractivity contribution in [1.82, 2.24) is 10.2 Å². The summed E-state index contributed by atoms with van der Waals surface area (Å²) in [5.41, 5.74) is 0.679. The molecule has 0 saturated carbocycles. The molecule has 4 heteroatoms. The SMILES string of the molecule is CN(C)CCNC(=O)CCCc1ccccc1F. The first kappa shape index (κ1) is 14.6. The van der Waals surface area contributed by atoms with Gasteiger partial charge in [-0.05, 0) is 38.6 Å². The smallest absolute Gasteiger partial charge is 0.220 e. The Balaban J connectivity index is 2.18. The molecular weight excluding hydrogens is 231 g/mol. The van der Waals surface area contributed by atoms with Crippen LogP contribution in [0.2, 0.25) is 0 Å². The van der Waals surface area contributed by atoms with E-state index >= 15 is 0 Å². The van der Waals surface area contributed by atoms with Gasteiger partial charge in [-0.25, -0.2) is 4.39 Å². The molecule has 0 atom stereocenters. The average Bonchev–Trinajstić information content (AvgIpc) is 2.31. The highest BCUT2D eigenvalue weighted by molar-refractivity contribution is 5.75. The van der Waals surface area contributed by atoms with Gasteiger partial charge in [0, 0.05) is 19.5 Å². The summed E-state index contributed by atoms with van der Waals surface area (Å²) in [6.45, 7) is 1.49. The van der Waals surface area contributed by atoms with Crippen LogP contribution in [0.3, 0.4) is 0 Å². The first-order valence-electron chi connectivity index (χ1n) is 6.24. The fraction of sp³-hybridized carbons (Fsp3) is 0.500. The van der Waals surface area contributed by atoms with Crippen LogP contribution >= 0.6 is 0 Å². The second kappa shape index (κ2) is 7.82. The van der Waals surface area contributed by atoms with E-state index in [1.807, 2.05) is 25.1 Å². The molecule has 0 aliphatic heterocycles. The molecule has 0 aliphatic carbocycles. The Hall–Kier alpha value is -1.42. The molecule has 3 nitrogen and oxygen atoms in total. The Kier molecular flexibility index (Phi) is 6.36. The summed E-state index contributed by atoms with van der Waals surface area (Å²) in [5.74, 6) is -0.154. The second-order valence-corrected chi connectivity index (χ2v) is 4.60. The molecule has 0 unspecified atom stereocenters. The fourth-order valence-corrected chi connectivity index (χ4v) is 1.65. The van der Waals surface area contributed by atoms with Crippen molar-refractivity contribution in [3.8, 4) is 0 Å². The van der Waals surface area contributed by atoms with Crippen LogP contribution < -0.4 is 5.32 Å². The standard InChI is InChI=1S/C14H21FN2O/c1-17(2)11-10-16-14(18)9-5-7-12-6-3-4-8-13(12)15/h3-4,6,8H,5,7,9-11H2,1-2H3,(H,16,18). The summed E-state index contributed by atoms with van der Waals surface area (Å²) in [6.07, 6.45) is 1.73. The molecule has 1 aromatic carbocycles. The molecule has 100 valence electrons. The number of rotatable bonds is 7. The Morgan fingerprint density at radius 3 is 2.72 bits per heavy atom. The van der Waals surface area contributed by atoms with Crippen LogP contribution in [-0.4, -0.2) is 38.0 Å². The van der Waals surface area contributed by atoms with Crippen molar-refractivity contribution in [2.75, 3.05) is 27.2 Å². The first-order valence-corrected chi connectivity index (χ1v) is 6.24. The summed E-state index contributed by atoms with van der Waals surface area (Å²) in [4.78, 5) is 13.5. The monoisotopic (exact) mass is 252 g/mol. The van der Waals surface area contributed by atoms with Gasteiger partial charge in [-0.15, -0.1) is 0 Å². The van der Waals surface area contributed by atoms with Gasteiger partial charge >= 0.3 is 0 Å². The number of hydrogen-bond donors (Lipinski definition) is 1. The van der Waals surface area contributed by atoms with Gasteiger partial charge in [-0.1, -0.05) is 18.2 Å².